The highest BCUT2D eigenvalue weighted by Gasteiger charge is 2.32. The number of rotatable bonds is 5. The van der Waals surface area contributed by atoms with Crippen LogP contribution < -0.4 is 11.1 Å². The van der Waals surface area contributed by atoms with Crippen molar-refractivity contribution >= 4 is 5.91 Å². The van der Waals surface area contributed by atoms with Crippen molar-refractivity contribution in [1.82, 2.24) is 5.32 Å². The zero-order valence-electron chi connectivity index (χ0n) is 12.8. The lowest BCUT2D eigenvalue weighted by molar-refractivity contribution is -0.124. The number of aryl methyl sites for hydroxylation is 1. The molecule has 3 N–H and O–H groups in total. The van der Waals surface area contributed by atoms with Crippen molar-refractivity contribution in [3.63, 3.8) is 0 Å². The van der Waals surface area contributed by atoms with Gasteiger partial charge in [0.2, 0.25) is 5.91 Å². The molecule has 1 amide bonds. The molecule has 0 spiro atoms. The molecule has 21 heavy (non-hydrogen) atoms. The third-order valence-corrected chi connectivity index (χ3v) is 4.61. The zero-order chi connectivity index (χ0) is 15.3. The predicted molar refractivity (Wildman–Crippen MR) is 82.2 cm³/mol. The van der Waals surface area contributed by atoms with Crippen molar-refractivity contribution in [2.75, 3.05) is 6.54 Å². The van der Waals surface area contributed by atoms with Crippen molar-refractivity contribution in [2.45, 2.75) is 52.0 Å². The normalized spacial score (nSPS) is 17.5. The first kappa shape index (κ1) is 16.0. The SMILES string of the molecule is Cc1ccc(CNC(=O)CC2(CN)CCCCC2)cc1F. The molecule has 0 bridgehead atoms. The lowest BCUT2D eigenvalue weighted by Crippen LogP contribution is -2.38. The van der Waals surface area contributed by atoms with E-state index in [0.717, 1.165) is 31.2 Å². The van der Waals surface area contributed by atoms with Gasteiger partial charge < -0.3 is 11.1 Å². The van der Waals surface area contributed by atoms with E-state index in [1.54, 1.807) is 13.0 Å². The molecular formula is C17H25FN2O. The summed E-state index contributed by atoms with van der Waals surface area (Å²) in [7, 11) is 0. The van der Waals surface area contributed by atoms with Gasteiger partial charge in [0.05, 0.1) is 0 Å². The van der Waals surface area contributed by atoms with E-state index in [2.05, 4.69) is 5.32 Å². The zero-order valence-corrected chi connectivity index (χ0v) is 12.8. The number of halogens is 1. The predicted octanol–water partition coefficient (Wildman–Crippen LogP) is 3.05. The van der Waals surface area contributed by atoms with Gasteiger partial charge in [0.25, 0.3) is 0 Å². The van der Waals surface area contributed by atoms with Crippen LogP contribution >= 0.6 is 0 Å². The second-order valence-corrected chi connectivity index (χ2v) is 6.30. The van der Waals surface area contributed by atoms with Crippen LogP contribution in [0.4, 0.5) is 4.39 Å². The maximum absolute atomic E-state index is 13.5. The van der Waals surface area contributed by atoms with Gasteiger partial charge in [0, 0.05) is 13.0 Å². The fraction of sp³-hybridized carbons (Fsp3) is 0.588. The number of carbonyl (C=O) groups excluding carboxylic acids is 1. The van der Waals surface area contributed by atoms with Gasteiger partial charge in [-0.1, -0.05) is 31.4 Å². The van der Waals surface area contributed by atoms with Crippen LogP contribution in [0.5, 0.6) is 0 Å². The summed E-state index contributed by atoms with van der Waals surface area (Å²) in [6.07, 6.45) is 6.12. The molecule has 0 aromatic heterocycles. The minimum Gasteiger partial charge on any atom is -0.352 e. The largest absolute Gasteiger partial charge is 0.352 e. The fourth-order valence-corrected chi connectivity index (χ4v) is 3.10. The summed E-state index contributed by atoms with van der Waals surface area (Å²) in [5, 5.41) is 2.89. The first-order valence-electron chi connectivity index (χ1n) is 7.76. The summed E-state index contributed by atoms with van der Waals surface area (Å²) in [6, 6.07) is 5.06. The number of nitrogens with one attached hydrogen (secondary N) is 1. The maximum Gasteiger partial charge on any atom is 0.220 e. The Morgan fingerprint density at radius 2 is 2.05 bits per heavy atom. The molecule has 1 fully saturated rings. The molecule has 1 aliphatic carbocycles. The van der Waals surface area contributed by atoms with Crippen LogP contribution in [-0.2, 0) is 11.3 Å². The lowest BCUT2D eigenvalue weighted by Gasteiger charge is -2.35. The highest BCUT2D eigenvalue weighted by atomic mass is 19.1. The van der Waals surface area contributed by atoms with Gasteiger partial charge in [-0.25, -0.2) is 4.39 Å². The Bertz CT molecular complexity index is 496. The molecule has 4 heteroatoms. The van der Waals surface area contributed by atoms with Crippen LogP contribution in [0.3, 0.4) is 0 Å². The van der Waals surface area contributed by atoms with Crippen LogP contribution in [0.2, 0.25) is 0 Å². The van der Waals surface area contributed by atoms with Gasteiger partial charge in [-0.15, -0.1) is 0 Å². The van der Waals surface area contributed by atoms with Gasteiger partial charge in [-0.05, 0) is 48.9 Å². The Balaban J connectivity index is 1.87. The van der Waals surface area contributed by atoms with Gasteiger partial charge >= 0.3 is 0 Å². The number of benzene rings is 1. The number of carbonyl (C=O) groups is 1. The average Bonchev–Trinajstić information content (AvgIpc) is 2.49. The Labute approximate surface area is 126 Å². The molecule has 1 aliphatic rings. The quantitative estimate of drug-likeness (QED) is 0.876. The summed E-state index contributed by atoms with van der Waals surface area (Å²) in [4.78, 5) is 12.1. The highest BCUT2D eigenvalue weighted by molar-refractivity contribution is 5.76. The number of amides is 1. The first-order valence-corrected chi connectivity index (χ1v) is 7.76. The third-order valence-electron chi connectivity index (χ3n) is 4.61. The molecule has 0 atom stereocenters. The Hall–Kier alpha value is -1.42. The van der Waals surface area contributed by atoms with E-state index in [1.165, 1.54) is 12.5 Å². The minimum atomic E-state index is -0.229. The molecule has 0 aliphatic heterocycles. The van der Waals surface area contributed by atoms with Crippen molar-refractivity contribution in [3.8, 4) is 0 Å². The molecule has 0 radical (unpaired) electrons. The van der Waals surface area contributed by atoms with Gasteiger partial charge in [-0.3, -0.25) is 4.79 Å². The van der Waals surface area contributed by atoms with Crippen molar-refractivity contribution in [2.24, 2.45) is 11.1 Å². The minimum absolute atomic E-state index is 0.0170. The Morgan fingerprint density at radius 3 is 2.67 bits per heavy atom. The van der Waals surface area contributed by atoms with Crippen LogP contribution in [0.15, 0.2) is 18.2 Å². The van der Waals surface area contributed by atoms with E-state index in [1.807, 2.05) is 6.07 Å². The molecular weight excluding hydrogens is 267 g/mol. The van der Waals surface area contributed by atoms with Crippen LogP contribution in [0.25, 0.3) is 0 Å². The van der Waals surface area contributed by atoms with E-state index >= 15 is 0 Å². The smallest absolute Gasteiger partial charge is 0.220 e. The fourth-order valence-electron chi connectivity index (χ4n) is 3.10. The topological polar surface area (TPSA) is 55.1 Å². The maximum atomic E-state index is 13.5. The molecule has 2 rings (SSSR count). The van der Waals surface area contributed by atoms with Crippen LogP contribution in [-0.4, -0.2) is 12.5 Å². The average molecular weight is 292 g/mol. The van der Waals surface area contributed by atoms with Gasteiger partial charge in [0.1, 0.15) is 5.82 Å². The standard InChI is InChI=1S/C17H25FN2O/c1-13-5-6-14(9-15(13)18)11-20-16(21)10-17(12-19)7-3-2-4-8-17/h5-6,9H,2-4,7-8,10-12,19H2,1H3,(H,20,21). The molecule has 0 saturated heterocycles. The second-order valence-electron chi connectivity index (χ2n) is 6.30. The summed E-state index contributed by atoms with van der Waals surface area (Å²) >= 11 is 0. The molecule has 1 aromatic rings. The molecule has 0 unspecified atom stereocenters. The van der Waals surface area contributed by atoms with Crippen LogP contribution in [0, 0.1) is 18.2 Å². The lowest BCUT2D eigenvalue weighted by atomic mass is 9.71. The third kappa shape index (κ3) is 4.27. The summed E-state index contributed by atoms with van der Waals surface area (Å²) < 4.78 is 13.5. The molecule has 116 valence electrons. The molecule has 1 aromatic carbocycles. The van der Waals surface area contributed by atoms with E-state index in [4.69, 9.17) is 5.73 Å². The Kier molecular flexibility index (Phi) is 5.34. The monoisotopic (exact) mass is 292 g/mol. The second kappa shape index (κ2) is 7.03. The molecule has 3 nitrogen and oxygen atoms in total. The molecule has 1 saturated carbocycles. The summed E-state index contributed by atoms with van der Waals surface area (Å²) in [5.41, 5.74) is 7.28. The number of hydrogen-bond acceptors (Lipinski definition) is 2. The van der Waals surface area contributed by atoms with Gasteiger partial charge in [0.15, 0.2) is 0 Å². The van der Waals surface area contributed by atoms with E-state index < -0.39 is 0 Å². The molecule has 0 heterocycles. The highest BCUT2D eigenvalue weighted by Crippen LogP contribution is 2.38. The van der Waals surface area contributed by atoms with E-state index in [0.29, 0.717) is 25.1 Å². The summed E-state index contributed by atoms with van der Waals surface area (Å²) in [6.45, 7) is 2.67. The Morgan fingerprint density at radius 1 is 1.33 bits per heavy atom. The van der Waals surface area contributed by atoms with Crippen molar-refractivity contribution in [1.29, 1.82) is 0 Å². The first-order chi connectivity index (χ1) is 10.0. The summed E-state index contributed by atoms with van der Waals surface area (Å²) in [5.74, 6) is -0.212. The van der Waals surface area contributed by atoms with E-state index in [9.17, 15) is 9.18 Å². The van der Waals surface area contributed by atoms with Crippen molar-refractivity contribution < 1.29 is 9.18 Å². The van der Waals surface area contributed by atoms with E-state index in [-0.39, 0.29) is 17.1 Å². The number of hydrogen-bond donors (Lipinski definition) is 2. The number of nitrogens with two attached hydrogens (primary N) is 1. The van der Waals surface area contributed by atoms with Gasteiger partial charge in [-0.2, -0.15) is 0 Å². The van der Waals surface area contributed by atoms with Crippen molar-refractivity contribution in [3.05, 3.63) is 35.1 Å². The van der Waals surface area contributed by atoms with Crippen LogP contribution in [0.1, 0.15) is 49.7 Å².